The average molecular weight is 267 g/mol. The van der Waals surface area contributed by atoms with Gasteiger partial charge in [-0.2, -0.15) is 0 Å². The highest BCUT2D eigenvalue weighted by molar-refractivity contribution is 7.15. The van der Waals surface area contributed by atoms with Gasteiger partial charge in [-0.05, 0) is 30.4 Å². The van der Waals surface area contributed by atoms with Gasteiger partial charge in [0.15, 0.2) is 0 Å². The number of rotatable bonds is 2. The Hall–Kier alpha value is -1.36. The van der Waals surface area contributed by atoms with Gasteiger partial charge in [0.05, 0.1) is 4.88 Å². The molecule has 1 aromatic heterocycles. The van der Waals surface area contributed by atoms with Crippen LogP contribution in [0.2, 0.25) is 0 Å². The zero-order chi connectivity index (χ0) is 13.3. The number of piperidine rings is 1. The molecule has 4 nitrogen and oxygen atoms in total. The smallest absolute Gasteiger partial charge is 0.345 e. The second kappa shape index (κ2) is 5.10. The molecule has 0 radical (unpaired) electrons. The molecule has 5 heteroatoms. The molecule has 2 rings (SSSR count). The zero-order valence-electron chi connectivity index (χ0n) is 10.5. The van der Waals surface area contributed by atoms with Crippen LogP contribution in [0.15, 0.2) is 12.1 Å². The highest BCUT2D eigenvalue weighted by atomic mass is 32.1. The van der Waals surface area contributed by atoms with Crippen molar-refractivity contribution < 1.29 is 14.7 Å². The highest BCUT2D eigenvalue weighted by Gasteiger charge is 2.27. The predicted octanol–water partition coefficient (Wildman–Crippen LogP) is 2.56. The van der Waals surface area contributed by atoms with E-state index in [-0.39, 0.29) is 10.8 Å². The number of amides is 1. The van der Waals surface area contributed by atoms with Crippen LogP contribution in [0.5, 0.6) is 0 Å². The van der Waals surface area contributed by atoms with Gasteiger partial charge < -0.3 is 10.0 Å². The van der Waals surface area contributed by atoms with Crippen LogP contribution in [-0.2, 0) is 0 Å². The lowest BCUT2D eigenvalue weighted by molar-refractivity contribution is 0.0627. The Labute approximate surface area is 110 Å². The third kappa shape index (κ3) is 2.72. The van der Waals surface area contributed by atoms with Crippen LogP contribution in [0.25, 0.3) is 0 Å². The van der Waals surface area contributed by atoms with Crippen LogP contribution in [-0.4, -0.2) is 35.0 Å². The molecule has 0 saturated carbocycles. The number of carboxylic acid groups (broad SMARTS) is 1. The summed E-state index contributed by atoms with van der Waals surface area (Å²) in [4.78, 5) is 25.7. The Morgan fingerprint density at radius 1 is 1.22 bits per heavy atom. The number of aromatic carboxylic acids is 1. The maximum absolute atomic E-state index is 12.3. The molecule has 2 heterocycles. The first-order chi connectivity index (χ1) is 8.47. The minimum absolute atomic E-state index is 0.0362. The van der Waals surface area contributed by atoms with Crippen molar-refractivity contribution in [3.63, 3.8) is 0 Å². The van der Waals surface area contributed by atoms with Crippen LogP contribution in [0, 0.1) is 11.8 Å². The van der Waals surface area contributed by atoms with Gasteiger partial charge in [0.2, 0.25) is 0 Å². The first kappa shape index (κ1) is 13.1. The number of carbonyl (C=O) groups is 2. The Balaban J connectivity index is 2.12. The summed E-state index contributed by atoms with van der Waals surface area (Å²) in [6.07, 6.45) is 1.15. The van der Waals surface area contributed by atoms with E-state index in [2.05, 4.69) is 13.8 Å². The number of hydrogen-bond donors (Lipinski definition) is 1. The number of carboxylic acids is 1. The third-order valence-corrected chi connectivity index (χ3v) is 4.24. The lowest BCUT2D eigenvalue weighted by Crippen LogP contribution is -2.42. The molecule has 1 saturated heterocycles. The fourth-order valence-corrected chi connectivity index (χ4v) is 3.37. The molecular formula is C13H17NO3S. The zero-order valence-corrected chi connectivity index (χ0v) is 11.4. The standard InChI is InChI=1S/C13H17NO3S/c1-8-5-9(2)7-14(6-8)12(15)10-3-4-11(18-10)13(16)17/h3-4,8-9H,5-7H2,1-2H3,(H,16,17). The Morgan fingerprint density at radius 2 is 1.78 bits per heavy atom. The minimum Gasteiger partial charge on any atom is -0.477 e. The summed E-state index contributed by atoms with van der Waals surface area (Å²) in [6.45, 7) is 5.83. The van der Waals surface area contributed by atoms with E-state index >= 15 is 0 Å². The number of nitrogens with zero attached hydrogens (tertiary/aromatic N) is 1. The monoisotopic (exact) mass is 267 g/mol. The first-order valence-electron chi connectivity index (χ1n) is 6.09. The molecule has 1 N–H and O–H groups in total. The van der Waals surface area contributed by atoms with Crippen molar-refractivity contribution in [3.8, 4) is 0 Å². The maximum atomic E-state index is 12.3. The van der Waals surface area contributed by atoms with E-state index in [1.807, 2.05) is 4.90 Å². The molecule has 0 aromatic carbocycles. The summed E-state index contributed by atoms with van der Waals surface area (Å²) >= 11 is 1.05. The molecule has 1 aromatic rings. The lowest BCUT2D eigenvalue weighted by Gasteiger charge is -2.34. The van der Waals surface area contributed by atoms with Gasteiger partial charge in [-0.25, -0.2) is 4.79 Å². The van der Waals surface area contributed by atoms with E-state index in [0.29, 0.717) is 16.7 Å². The fraction of sp³-hybridized carbons (Fsp3) is 0.538. The molecular weight excluding hydrogens is 250 g/mol. The summed E-state index contributed by atoms with van der Waals surface area (Å²) in [7, 11) is 0. The van der Waals surface area contributed by atoms with Crippen LogP contribution in [0.1, 0.15) is 39.6 Å². The molecule has 0 aliphatic carbocycles. The quantitative estimate of drug-likeness (QED) is 0.896. The van der Waals surface area contributed by atoms with Crippen molar-refractivity contribution in [1.82, 2.24) is 4.90 Å². The largest absolute Gasteiger partial charge is 0.477 e. The molecule has 0 spiro atoms. The van der Waals surface area contributed by atoms with E-state index < -0.39 is 5.97 Å². The van der Waals surface area contributed by atoms with Gasteiger partial charge in [0.25, 0.3) is 5.91 Å². The fourth-order valence-electron chi connectivity index (χ4n) is 2.55. The first-order valence-corrected chi connectivity index (χ1v) is 6.91. The lowest BCUT2D eigenvalue weighted by atomic mass is 9.92. The molecule has 2 atom stereocenters. The van der Waals surface area contributed by atoms with E-state index in [4.69, 9.17) is 5.11 Å². The van der Waals surface area contributed by atoms with Crippen LogP contribution in [0.3, 0.4) is 0 Å². The number of carbonyl (C=O) groups excluding carboxylic acids is 1. The van der Waals surface area contributed by atoms with E-state index in [9.17, 15) is 9.59 Å². The van der Waals surface area contributed by atoms with E-state index in [1.54, 1.807) is 6.07 Å². The van der Waals surface area contributed by atoms with E-state index in [1.165, 1.54) is 6.07 Å². The molecule has 1 aliphatic heterocycles. The topological polar surface area (TPSA) is 57.6 Å². The Bertz CT molecular complexity index is 459. The van der Waals surface area contributed by atoms with Crippen LogP contribution >= 0.6 is 11.3 Å². The summed E-state index contributed by atoms with van der Waals surface area (Å²) in [5.41, 5.74) is 0. The van der Waals surface area contributed by atoms with E-state index in [0.717, 1.165) is 30.8 Å². The highest BCUT2D eigenvalue weighted by Crippen LogP contribution is 2.25. The number of likely N-dealkylation sites (tertiary alicyclic amines) is 1. The van der Waals surface area contributed by atoms with Gasteiger partial charge in [-0.1, -0.05) is 13.8 Å². The van der Waals surface area contributed by atoms with Crippen molar-refractivity contribution in [2.45, 2.75) is 20.3 Å². The van der Waals surface area contributed by atoms with Crippen molar-refractivity contribution in [3.05, 3.63) is 21.9 Å². The summed E-state index contributed by atoms with van der Waals surface area (Å²) in [5, 5.41) is 8.86. The van der Waals surface area contributed by atoms with Crippen molar-refractivity contribution in [2.75, 3.05) is 13.1 Å². The molecule has 1 amide bonds. The Kier molecular flexibility index (Phi) is 3.71. The van der Waals surface area contributed by atoms with Crippen molar-refractivity contribution in [1.29, 1.82) is 0 Å². The SMILES string of the molecule is CC1CC(C)CN(C(=O)c2ccc(C(=O)O)s2)C1. The third-order valence-electron chi connectivity index (χ3n) is 3.18. The average Bonchev–Trinajstić information content (AvgIpc) is 2.75. The van der Waals surface area contributed by atoms with Gasteiger partial charge in [0, 0.05) is 13.1 Å². The molecule has 2 unspecified atom stereocenters. The summed E-state index contributed by atoms with van der Waals surface area (Å²) in [6, 6.07) is 3.11. The molecule has 98 valence electrons. The van der Waals surface area contributed by atoms with Crippen molar-refractivity contribution >= 4 is 23.2 Å². The molecule has 1 fully saturated rings. The second-order valence-electron chi connectivity index (χ2n) is 5.13. The van der Waals surface area contributed by atoms with Gasteiger partial charge in [0.1, 0.15) is 4.88 Å². The maximum Gasteiger partial charge on any atom is 0.345 e. The second-order valence-corrected chi connectivity index (χ2v) is 6.21. The molecule has 18 heavy (non-hydrogen) atoms. The molecule has 1 aliphatic rings. The summed E-state index contributed by atoms with van der Waals surface area (Å²) in [5.74, 6) is 0.0125. The van der Waals surface area contributed by atoms with Gasteiger partial charge >= 0.3 is 5.97 Å². The van der Waals surface area contributed by atoms with Gasteiger partial charge in [-0.3, -0.25) is 4.79 Å². The minimum atomic E-state index is -0.973. The summed E-state index contributed by atoms with van der Waals surface area (Å²) < 4.78 is 0. The van der Waals surface area contributed by atoms with Crippen molar-refractivity contribution in [2.24, 2.45) is 11.8 Å². The van der Waals surface area contributed by atoms with Gasteiger partial charge in [-0.15, -0.1) is 11.3 Å². The van der Waals surface area contributed by atoms with Crippen LogP contribution in [0.4, 0.5) is 0 Å². The Morgan fingerprint density at radius 3 is 2.28 bits per heavy atom. The normalized spacial score (nSPS) is 24.0. The number of hydrogen-bond acceptors (Lipinski definition) is 3. The predicted molar refractivity (Wildman–Crippen MR) is 70.1 cm³/mol. The van der Waals surface area contributed by atoms with Crippen LogP contribution < -0.4 is 0 Å². The molecule has 0 bridgehead atoms. The number of thiophene rings is 1.